The maximum atomic E-state index is 12.9. The highest BCUT2D eigenvalue weighted by molar-refractivity contribution is 5.89. The van der Waals surface area contributed by atoms with E-state index in [0.29, 0.717) is 47.2 Å². The molecule has 44 heavy (non-hydrogen) atoms. The van der Waals surface area contributed by atoms with E-state index in [1.54, 1.807) is 50.6 Å². The molecule has 0 amide bonds. The molecular formula is C33H33NO10. The van der Waals surface area contributed by atoms with Gasteiger partial charge in [0.15, 0.2) is 17.3 Å². The van der Waals surface area contributed by atoms with Crippen molar-refractivity contribution in [2.24, 2.45) is 0 Å². The fourth-order valence-electron chi connectivity index (χ4n) is 5.32. The van der Waals surface area contributed by atoms with Crippen LogP contribution in [-0.4, -0.2) is 56.9 Å². The largest absolute Gasteiger partial charge is 0.502 e. The van der Waals surface area contributed by atoms with Crippen LogP contribution in [0.4, 0.5) is 0 Å². The van der Waals surface area contributed by atoms with Crippen molar-refractivity contribution >= 4 is 11.9 Å². The summed E-state index contributed by atoms with van der Waals surface area (Å²) in [6.07, 6.45) is 0.509. The molecule has 230 valence electrons. The molecule has 1 N–H and O–H groups in total. The Balaban J connectivity index is 1.44. The Morgan fingerprint density at radius 2 is 1.61 bits per heavy atom. The zero-order valence-electron chi connectivity index (χ0n) is 24.9. The molecule has 5 rings (SSSR count). The van der Waals surface area contributed by atoms with E-state index in [1.165, 1.54) is 20.3 Å². The third-order valence-electron chi connectivity index (χ3n) is 7.65. The molecule has 0 spiro atoms. The summed E-state index contributed by atoms with van der Waals surface area (Å²) in [5, 5.41) is 10.8. The number of carbonyl (C=O) groups excluding carboxylic acids is 2. The molecule has 0 bridgehead atoms. The van der Waals surface area contributed by atoms with Crippen molar-refractivity contribution in [2.45, 2.75) is 31.8 Å². The zero-order chi connectivity index (χ0) is 31.4. The topological polar surface area (TPSA) is 138 Å². The van der Waals surface area contributed by atoms with E-state index < -0.39 is 29.0 Å². The molecule has 0 saturated heterocycles. The summed E-state index contributed by atoms with van der Waals surface area (Å²) in [4.78, 5) is 39.3. The van der Waals surface area contributed by atoms with Crippen molar-refractivity contribution in [3.05, 3.63) is 98.8 Å². The lowest BCUT2D eigenvalue weighted by molar-refractivity contribution is -0.141. The van der Waals surface area contributed by atoms with Crippen LogP contribution in [0.25, 0.3) is 11.3 Å². The Bertz CT molecular complexity index is 1720. The molecule has 1 aliphatic rings. The molecule has 1 atom stereocenters. The standard InChI is InChI=1S/C33H33NO10/c1-39-28-13-21-11-12-34(17-22(21)14-29(28)40-2)18-23-15-25(35)31(37)32(43-23)24(16-30(36)41-3)27-10-9-26(44-27)19-5-7-20(8-6-19)33(38)42-4/h5-10,13-15,24,37H,11-12,16-18H2,1-4H3/t24-/m0/s1. The van der Waals surface area contributed by atoms with Gasteiger partial charge in [-0.3, -0.25) is 14.5 Å². The molecule has 2 aromatic carbocycles. The molecule has 1 aliphatic heterocycles. The average Bonchev–Trinajstić information content (AvgIpc) is 3.54. The average molecular weight is 604 g/mol. The number of hydrogen-bond donors (Lipinski definition) is 1. The summed E-state index contributed by atoms with van der Waals surface area (Å²) in [7, 11) is 5.75. The van der Waals surface area contributed by atoms with Gasteiger partial charge in [-0.15, -0.1) is 0 Å². The van der Waals surface area contributed by atoms with Crippen LogP contribution >= 0.6 is 0 Å². The Hall–Kier alpha value is -5.03. The van der Waals surface area contributed by atoms with Gasteiger partial charge in [-0.25, -0.2) is 4.79 Å². The number of nitrogens with zero attached hydrogens (tertiary/aromatic N) is 1. The lowest BCUT2D eigenvalue weighted by Gasteiger charge is -2.29. The number of methoxy groups -OCH3 is 4. The number of rotatable bonds is 10. The number of carbonyl (C=O) groups is 2. The molecule has 0 unspecified atom stereocenters. The number of aromatic hydroxyl groups is 1. The molecule has 11 nitrogen and oxygen atoms in total. The molecule has 3 heterocycles. The van der Waals surface area contributed by atoms with E-state index in [0.717, 1.165) is 17.5 Å². The van der Waals surface area contributed by atoms with Gasteiger partial charge in [-0.05, 0) is 53.9 Å². The van der Waals surface area contributed by atoms with Crippen molar-refractivity contribution in [3.8, 4) is 28.6 Å². The van der Waals surface area contributed by atoms with E-state index in [2.05, 4.69) is 4.90 Å². The van der Waals surface area contributed by atoms with Crippen LogP contribution < -0.4 is 14.9 Å². The number of hydrogen-bond acceptors (Lipinski definition) is 11. The fourth-order valence-corrected chi connectivity index (χ4v) is 5.32. The van der Waals surface area contributed by atoms with Gasteiger partial charge in [0.25, 0.3) is 0 Å². The van der Waals surface area contributed by atoms with Gasteiger partial charge in [0.1, 0.15) is 17.3 Å². The summed E-state index contributed by atoms with van der Waals surface area (Å²) in [5.41, 5.74) is 2.64. The molecule has 0 aliphatic carbocycles. The number of esters is 2. The third kappa shape index (κ3) is 6.32. The van der Waals surface area contributed by atoms with Crippen LogP contribution in [0.5, 0.6) is 17.2 Å². The van der Waals surface area contributed by atoms with E-state index in [1.807, 2.05) is 12.1 Å². The van der Waals surface area contributed by atoms with Crippen molar-refractivity contribution in [1.29, 1.82) is 0 Å². The van der Waals surface area contributed by atoms with Crippen LogP contribution in [0.1, 0.15) is 51.1 Å². The van der Waals surface area contributed by atoms with Crippen molar-refractivity contribution in [1.82, 2.24) is 4.90 Å². The van der Waals surface area contributed by atoms with E-state index >= 15 is 0 Å². The first kappa shape index (κ1) is 30.4. The first-order valence-electron chi connectivity index (χ1n) is 13.9. The van der Waals surface area contributed by atoms with Gasteiger partial charge in [0.2, 0.25) is 11.2 Å². The van der Waals surface area contributed by atoms with Crippen LogP contribution in [0.15, 0.2) is 68.2 Å². The highest BCUT2D eigenvalue weighted by Gasteiger charge is 2.30. The maximum Gasteiger partial charge on any atom is 0.337 e. The second-order valence-electron chi connectivity index (χ2n) is 10.3. The smallest absolute Gasteiger partial charge is 0.337 e. The second-order valence-corrected chi connectivity index (χ2v) is 10.3. The summed E-state index contributed by atoms with van der Waals surface area (Å²) >= 11 is 0. The van der Waals surface area contributed by atoms with Crippen LogP contribution in [0.2, 0.25) is 0 Å². The summed E-state index contributed by atoms with van der Waals surface area (Å²) in [6.45, 7) is 1.57. The van der Waals surface area contributed by atoms with Crippen molar-refractivity contribution in [2.75, 3.05) is 35.0 Å². The van der Waals surface area contributed by atoms with Crippen molar-refractivity contribution in [3.63, 3.8) is 0 Å². The predicted molar refractivity (Wildman–Crippen MR) is 158 cm³/mol. The first-order chi connectivity index (χ1) is 21.2. The lowest BCUT2D eigenvalue weighted by atomic mass is 9.97. The minimum atomic E-state index is -0.947. The number of furan rings is 1. The third-order valence-corrected chi connectivity index (χ3v) is 7.65. The minimum absolute atomic E-state index is 0.0938. The van der Waals surface area contributed by atoms with Crippen LogP contribution in [0.3, 0.4) is 0 Å². The molecule has 0 fully saturated rings. The Morgan fingerprint density at radius 3 is 2.27 bits per heavy atom. The van der Waals surface area contributed by atoms with Crippen LogP contribution in [-0.2, 0) is 33.8 Å². The molecule has 0 radical (unpaired) electrons. The highest BCUT2D eigenvalue weighted by Crippen LogP contribution is 2.37. The van der Waals surface area contributed by atoms with Gasteiger partial charge in [0, 0.05) is 24.7 Å². The maximum absolute atomic E-state index is 12.9. The van der Waals surface area contributed by atoms with Crippen LogP contribution in [0, 0.1) is 0 Å². The summed E-state index contributed by atoms with van der Waals surface area (Å²) < 4.78 is 32.8. The van der Waals surface area contributed by atoms with Gasteiger partial charge in [-0.2, -0.15) is 0 Å². The molecular weight excluding hydrogens is 570 g/mol. The molecule has 4 aromatic rings. The van der Waals surface area contributed by atoms with Gasteiger partial charge >= 0.3 is 11.9 Å². The van der Waals surface area contributed by atoms with Gasteiger partial charge in [0.05, 0.1) is 52.9 Å². The zero-order valence-corrected chi connectivity index (χ0v) is 24.9. The van der Waals surface area contributed by atoms with E-state index in [-0.39, 0.29) is 24.5 Å². The predicted octanol–water partition coefficient (Wildman–Crippen LogP) is 4.66. The summed E-state index contributed by atoms with van der Waals surface area (Å²) in [5.74, 6) is -0.335. The highest BCUT2D eigenvalue weighted by atomic mass is 16.5. The monoisotopic (exact) mass is 603 g/mol. The van der Waals surface area contributed by atoms with E-state index in [9.17, 15) is 19.5 Å². The molecule has 11 heteroatoms. The van der Waals surface area contributed by atoms with Crippen molar-refractivity contribution < 1.29 is 42.5 Å². The number of benzene rings is 2. The SMILES string of the molecule is COC(=O)C[C@@H](c1ccc(-c2ccc(C(=O)OC)cc2)o1)c1oc(CN2CCc3cc(OC)c(OC)cc3C2)cc(=O)c1O. The minimum Gasteiger partial charge on any atom is -0.502 e. The van der Waals surface area contributed by atoms with Gasteiger partial charge < -0.3 is 32.9 Å². The molecule has 0 saturated carbocycles. The summed E-state index contributed by atoms with van der Waals surface area (Å²) in [6, 6.07) is 15.1. The lowest BCUT2D eigenvalue weighted by Crippen LogP contribution is -2.30. The number of ether oxygens (including phenoxy) is 4. The van der Waals surface area contributed by atoms with E-state index in [4.69, 9.17) is 27.8 Å². The van der Waals surface area contributed by atoms with Gasteiger partial charge in [-0.1, -0.05) is 12.1 Å². The quantitative estimate of drug-likeness (QED) is 0.253. The second kappa shape index (κ2) is 13.1. The Kier molecular flexibility index (Phi) is 9.05. The normalized spacial score (nSPS) is 13.5. The Labute approximate surface area is 253 Å². The fraction of sp³-hybridized carbons (Fsp3) is 0.303. The Morgan fingerprint density at radius 1 is 0.909 bits per heavy atom. The molecule has 2 aromatic heterocycles. The number of fused-ring (bicyclic) bond motifs is 1. The first-order valence-corrected chi connectivity index (χ1v) is 13.9.